The van der Waals surface area contributed by atoms with Crippen LogP contribution in [0, 0.1) is 5.82 Å². The number of aromatic nitrogens is 1. The maximum Gasteiger partial charge on any atom is 0.416 e. The lowest BCUT2D eigenvalue weighted by atomic mass is 10.1. The largest absolute Gasteiger partial charge is 0.416 e. The first kappa shape index (κ1) is 16.9. The van der Waals surface area contributed by atoms with E-state index in [1.807, 2.05) is 0 Å². The summed E-state index contributed by atoms with van der Waals surface area (Å²) in [5.41, 5.74) is 0.299. The monoisotopic (exact) mass is 373 g/mol. The molecule has 0 atom stereocenters. The fourth-order valence-corrected chi connectivity index (χ4v) is 3.20. The molecular formula is C17H9Cl2F4N. The molecule has 1 heterocycles. The van der Waals surface area contributed by atoms with Crippen LogP contribution in [0.2, 0.25) is 10.0 Å². The van der Waals surface area contributed by atoms with Gasteiger partial charge in [-0.25, -0.2) is 4.39 Å². The molecule has 1 aromatic heterocycles. The van der Waals surface area contributed by atoms with Crippen molar-refractivity contribution < 1.29 is 17.6 Å². The van der Waals surface area contributed by atoms with Crippen molar-refractivity contribution in [3.05, 3.63) is 70.1 Å². The summed E-state index contributed by atoms with van der Waals surface area (Å²) in [5.74, 6) is -0.489. The van der Waals surface area contributed by atoms with E-state index < -0.39 is 17.6 Å². The highest BCUT2D eigenvalue weighted by molar-refractivity contribution is 6.38. The van der Waals surface area contributed by atoms with Crippen molar-refractivity contribution in [2.45, 2.75) is 6.18 Å². The van der Waals surface area contributed by atoms with Gasteiger partial charge in [0.05, 0.1) is 26.8 Å². The van der Waals surface area contributed by atoms with Crippen molar-refractivity contribution in [2.75, 3.05) is 0 Å². The lowest BCUT2D eigenvalue weighted by Gasteiger charge is -2.14. The van der Waals surface area contributed by atoms with Gasteiger partial charge in [0.25, 0.3) is 0 Å². The molecule has 0 saturated carbocycles. The summed E-state index contributed by atoms with van der Waals surface area (Å²) in [6.45, 7) is 3.68. The molecule has 0 aliphatic carbocycles. The van der Waals surface area contributed by atoms with Crippen LogP contribution in [0.25, 0.3) is 22.7 Å². The van der Waals surface area contributed by atoms with Crippen molar-refractivity contribution in [1.82, 2.24) is 4.57 Å². The van der Waals surface area contributed by atoms with Crippen LogP contribution in [0.1, 0.15) is 11.1 Å². The minimum Gasteiger partial charge on any atom is -0.313 e. The highest BCUT2D eigenvalue weighted by Crippen LogP contribution is 2.39. The Morgan fingerprint density at radius 3 is 2.21 bits per heavy atom. The molecular weight excluding hydrogens is 365 g/mol. The number of nitrogens with zero attached hydrogens (tertiary/aromatic N) is 1. The van der Waals surface area contributed by atoms with Crippen LogP contribution in [0.4, 0.5) is 17.6 Å². The second-order valence-electron chi connectivity index (χ2n) is 5.11. The number of rotatable bonds is 2. The Bertz CT molecular complexity index is 934. The molecule has 0 N–H and O–H groups in total. The number of hydrogen-bond donors (Lipinski definition) is 0. The molecule has 3 aromatic rings. The summed E-state index contributed by atoms with van der Waals surface area (Å²) in [7, 11) is 0. The summed E-state index contributed by atoms with van der Waals surface area (Å²) in [6.07, 6.45) is -1.41. The third-order valence-electron chi connectivity index (χ3n) is 3.60. The van der Waals surface area contributed by atoms with Crippen molar-refractivity contribution >= 4 is 40.2 Å². The molecule has 3 rings (SSSR count). The van der Waals surface area contributed by atoms with Crippen LogP contribution in [0.15, 0.2) is 43.1 Å². The van der Waals surface area contributed by atoms with E-state index in [1.165, 1.54) is 16.7 Å². The predicted octanol–water partition coefficient (Wildman–Crippen LogP) is 6.74. The van der Waals surface area contributed by atoms with E-state index in [1.54, 1.807) is 18.3 Å². The molecule has 0 fully saturated rings. The highest BCUT2D eigenvalue weighted by atomic mass is 35.5. The van der Waals surface area contributed by atoms with E-state index in [-0.39, 0.29) is 15.7 Å². The molecule has 0 amide bonds. The number of fused-ring (bicyclic) bond motifs is 1. The highest BCUT2D eigenvalue weighted by Gasteiger charge is 2.32. The van der Waals surface area contributed by atoms with Crippen LogP contribution in [0.3, 0.4) is 0 Å². The van der Waals surface area contributed by atoms with E-state index in [0.29, 0.717) is 16.5 Å². The summed E-state index contributed by atoms with van der Waals surface area (Å²) < 4.78 is 53.7. The zero-order valence-corrected chi connectivity index (χ0v) is 13.5. The van der Waals surface area contributed by atoms with Gasteiger partial charge in [-0.15, -0.1) is 0 Å². The second-order valence-corrected chi connectivity index (χ2v) is 5.92. The SMILES string of the molecule is C=Cc1cn(-c2c(Cl)cc(C(F)(F)F)cc2Cl)c2cc(F)ccc12. The smallest absolute Gasteiger partial charge is 0.313 e. The fourth-order valence-electron chi connectivity index (χ4n) is 2.53. The molecule has 0 spiro atoms. The maximum atomic E-state index is 13.6. The third-order valence-corrected chi connectivity index (χ3v) is 4.18. The van der Waals surface area contributed by atoms with Gasteiger partial charge in [-0.3, -0.25) is 0 Å². The zero-order valence-electron chi connectivity index (χ0n) is 12.0. The van der Waals surface area contributed by atoms with Crippen molar-refractivity contribution in [3.8, 4) is 5.69 Å². The van der Waals surface area contributed by atoms with Gasteiger partial charge >= 0.3 is 6.18 Å². The zero-order chi connectivity index (χ0) is 17.6. The van der Waals surface area contributed by atoms with Gasteiger partial charge in [-0.05, 0) is 35.9 Å². The Labute approximate surface area is 144 Å². The van der Waals surface area contributed by atoms with Crippen LogP contribution >= 0.6 is 23.2 Å². The van der Waals surface area contributed by atoms with E-state index in [0.717, 1.165) is 12.1 Å². The Balaban J connectivity index is 2.32. The molecule has 0 aliphatic rings. The van der Waals surface area contributed by atoms with E-state index in [2.05, 4.69) is 6.58 Å². The number of benzene rings is 2. The minimum atomic E-state index is -4.57. The van der Waals surface area contributed by atoms with E-state index in [9.17, 15) is 17.6 Å². The molecule has 0 bridgehead atoms. The van der Waals surface area contributed by atoms with E-state index in [4.69, 9.17) is 23.2 Å². The molecule has 124 valence electrons. The molecule has 1 nitrogen and oxygen atoms in total. The summed E-state index contributed by atoms with van der Waals surface area (Å²) in [6, 6.07) is 5.69. The number of hydrogen-bond acceptors (Lipinski definition) is 0. The fraction of sp³-hybridized carbons (Fsp3) is 0.0588. The van der Waals surface area contributed by atoms with Gasteiger partial charge in [0, 0.05) is 11.6 Å². The molecule has 0 aliphatic heterocycles. The topological polar surface area (TPSA) is 4.93 Å². The quantitative estimate of drug-likeness (QED) is 0.438. The molecule has 24 heavy (non-hydrogen) atoms. The first-order chi connectivity index (χ1) is 11.2. The van der Waals surface area contributed by atoms with Gasteiger partial charge in [0.2, 0.25) is 0 Å². The summed E-state index contributed by atoms with van der Waals surface area (Å²) in [5, 5.41) is 0.302. The third kappa shape index (κ3) is 2.78. The first-order valence-corrected chi connectivity index (χ1v) is 7.47. The summed E-state index contributed by atoms with van der Waals surface area (Å²) in [4.78, 5) is 0. The lowest BCUT2D eigenvalue weighted by Crippen LogP contribution is -2.06. The normalized spacial score (nSPS) is 11.9. The maximum absolute atomic E-state index is 13.6. The Hall–Kier alpha value is -1.98. The van der Waals surface area contributed by atoms with Crippen LogP contribution in [-0.4, -0.2) is 4.57 Å². The lowest BCUT2D eigenvalue weighted by molar-refractivity contribution is -0.137. The Morgan fingerprint density at radius 1 is 1.04 bits per heavy atom. The van der Waals surface area contributed by atoms with Crippen LogP contribution in [0.5, 0.6) is 0 Å². The average molecular weight is 374 g/mol. The molecule has 0 unspecified atom stereocenters. The number of alkyl halides is 3. The van der Waals surface area contributed by atoms with Gasteiger partial charge in [-0.2, -0.15) is 13.2 Å². The van der Waals surface area contributed by atoms with E-state index >= 15 is 0 Å². The standard InChI is InChI=1S/C17H9Cl2F4N/c1-2-9-8-24(15-7-11(20)3-4-12(9)15)16-13(18)5-10(6-14(16)19)17(21,22)23/h2-8H,1H2. The van der Waals surface area contributed by atoms with Crippen LogP contribution < -0.4 is 0 Å². The molecule has 0 saturated heterocycles. The average Bonchev–Trinajstić information content (AvgIpc) is 2.83. The molecule has 0 radical (unpaired) electrons. The van der Waals surface area contributed by atoms with Crippen molar-refractivity contribution in [2.24, 2.45) is 0 Å². The van der Waals surface area contributed by atoms with Crippen molar-refractivity contribution in [3.63, 3.8) is 0 Å². The van der Waals surface area contributed by atoms with Gasteiger partial charge in [-0.1, -0.05) is 35.9 Å². The first-order valence-electron chi connectivity index (χ1n) is 6.72. The molecule has 2 aromatic carbocycles. The number of halogens is 6. The summed E-state index contributed by atoms with van der Waals surface area (Å²) >= 11 is 12.1. The van der Waals surface area contributed by atoms with Gasteiger partial charge in [0.15, 0.2) is 0 Å². The van der Waals surface area contributed by atoms with Gasteiger partial charge < -0.3 is 4.57 Å². The Morgan fingerprint density at radius 2 is 1.67 bits per heavy atom. The van der Waals surface area contributed by atoms with Crippen LogP contribution in [-0.2, 0) is 6.18 Å². The van der Waals surface area contributed by atoms with Gasteiger partial charge in [0.1, 0.15) is 5.82 Å². The van der Waals surface area contributed by atoms with Crippen molar-refractivity contribution in [1.29, 1.82) is 0 Å². The molecule has 7 heteroatoms. The minimum absolute atomic E-state index is 0.148. The predicted molar refractivity (Wildman–Crippen MR) is 88.3 cm³/mol. The second kappa shape index (κ2) is 5.83. The Kier molecular flexibility index (Phi) is 4.10.